The van der Waals surface area contributed by atoms with Crippen molar-refractivity contribution in [2.75, 3.05) is 6.26 Å². The van der Waals surface area contributed by atoms with E-state index in [1.807, 2.05) is 12.4 Å². The SMILES string of the molecule is C=CC[n+]1cnc(SC)c2ccsc21.[Br-]. The average molecular weight is 303 g/mol. The molecule has 0 fully saturated rings. The van der Waals surface area contributed by atoms with Crippen LogP contribution in [0.1, 0.15) is 0 Å². The van der Waals surface area contributed by atoms with Crippen LogP contribution in [-0.2, 0) is 6.54 Å². The van der Waals surface area contributed by atoms with Crippen LogP contribution in [0.5, 0.6) is 0 Å². The van der Waals surface area contributed by atoms with Gasteiger partial charge in [-0.2, -0.15) is 0 Å². The van der Waals surface area contributed by atoms with Crippen molar-refractivity contribution in [1.82, 2.24) is 4.98 Å². The smallest absolute Gasteiger partial charge is 0.288 e. The average Bonchev–Trinajstić information content (AvgIpc) is 2.67. The van der Waals surface area contributed by atoms with Gasteiger partial charge in [0.25, 0.3) is 6.33 Å². The van der Waals surface area contributed by atoms with Crippen LogP contribution in [0.2, 0.25) is 0 Å². The Morgan fingerprint density at radius 1 is 1.67 bits per heavy atom. The third-order valence-corrected chi connectivity index (χ3v) is 3.63. The second kappa shape index (κ2) is 5.63. The number of hydrogen-bond acceptors (Lipinski definition) is 3. The van der Waals surface area contributed by atoms with Gasteiger partial charge in [-0.05, 0) is 22.7 Å². The molecule has 2 heterocycles. The van der Waals surface area contributed by atoms with E-state index in [4.69, 9.17) is 0 Å². The summed E-state index contributed by atoms with van der Waals surface area (Å²) >= 11 is 3.43. The lowest BCUT2D eigenvalue weighted by molar-refractivity contribution is -0.662. The van der Waals surface area contributed by atoms with E-state index in [0.29, 0.717) is 0 Å². The third kappa shape index (κ3) is 2.41. The van der Waals surface area contributed by atoms with Gasteiger partial charge in [-0.15, -0.1) is 11.3 Å². The number of thioether (sulfide) groups is 1. The van der Waals surface area contributed by atoms with Crippen molar-refractivity contribution in [2.24, 2.45) is 0 Å². The number of rotatable bonds is 3. The first-order valence-electron chi connectivity index (χ1n) is 4.27. The Bertz CT molecular complexity index is 467. The predicted octanol–water partition coefficient (Wildman–Crippen LogP) is -0.504. The highest BCUT2D eigenvalue weighted by Gasteiger charge is 2.13. The molecule has 2 nitrogen and oxygen atoms in total. The molecule has 2 rings (SSSR count). The normalized spacial score (nSPS) is 9.93. The maximum Gasteiger partial charge on any atom is 0.288 e. The van der Waals surface area contributed by atoms with E-state index in [1.54, 1.807) is 23.1 Å². The summed E-state index contributed by atoms with van der Waals surface area (Å²) in [6.45, 7) is 4.56. The van der Waals surface area contributed by atoms with Crippen LogP contribution in [0.3, 0.4) is 0 Å². The Morgan fingerprint density at radius 2 is 2.47 bits per heavy atom. The molecular weight excluding hydrogens is 292 g/mol. The standard InChI is InChI=1S/C10H11N2S2.BrH/c1-3-5-12-7-11-9(13-2)8-4-6-14-10(8)12;/h3-4,6-7H,1,5H2,2H3;1H/q+1;/p-1. The minimum Gasteiger partial charge on any atom is -1.00 e. The number of fused-ring (bicyclic) bond motifs is 1. The molecule has 0 atom stereocenters. The second-order valence-electron chi connectivity index (χ2n) is 2.83. The van der Waals surface area contributed by atoms with Crippen LogP contribution in [-0.4, -0.2) is 11.2 Å². The molecule has 80 valence electrons. The van der Waals surface area contributed by atoms with Crippen molar-refractivity contribution in [3.05, 3.63) is 30.4 Å². The molecule has 0 aliphatic carbocycles. The molecule has 0 aromatic carbocycles. The summed E-state index contributed by atoms with van der Waals surface area (Å²) in [5, 5.41) is 4.44. The Kier molecular flexibility index (Phi) is 4.76. The maximum atomic E-state index is 4.40. The Morgan fingerprint density at radius 3 is 3.13 bits per heavy atom. The number of hydrogen-bond donors (Lipinski definition) is 0. The number of halogens is 1. The van der Waals surface area contributed by atoms with Gasteiger partial charge in [-0.3, -0.25) is 0 Å². The van der Waals surface area contributed by atoms with Crippen LogP contribution >= 0.6 is 23.1 Å². The molecule has 0 saturated carbocycles. The van der Waals surface area contributed by atoms with E-state index in [9.17, 15) is 0 Å². The quantitative estimate of drug-likeness (QED) is 0.329. The predicted molar refractivity (Wildman–Crippen MR) is 61.8 cm³/mol. The van der Waals surface area contributed by atoms with Gasteiger partial charge in [0.15, 0.2) is 4.83 Å². The highest BCUT2D eigenvalue weighted by atomic mass is 79.9. The number of nitrogens with zero attached hydrogens (tertiary/aromatic N) is 2. The minimum absolute atomic E-state index is 0. The van der Waals surface area contributed by atoms with Crippen LogP contribution < -0.4 is 21.5 Å². The van der Waals surface area contributed by atoms with E-state index in [1.165, 1.54) is 10.2 Å². The van der Waals surface area contributed by atoms with Crippen molar-refractivity contribution in [1.29, 1.82) is 0 Å². The molecule has 0 aliphatic rings. The summed E-state index contributed by atoms with van der Waals surface area (Å²) in [7, 11) is 0. The molecule has 15 heavy (non-hydrogen) atoms. The maximum absolute atomic E-state index is 4.40. The zero-order chi connectivity index (χ0) is 9.97. The Hall–Kier alpha value is -0.390. The highest BCUT2D eigenvalue weighted by Crippen LogP contribution is 2.24. The lowest BCUT2D eigenvalue weighted by Crippen LogP contribution is -3.00. The van der Waals surface area contributed by atoms with Gasteiger partial charge in [0.05, 0.1) is 5.39 Å². The largest absolute Gasteiger partial charge is 1.00 e. The summed E-state index contributed by atoms with van der Waals surface area (Å²) in [5.74, 6) is 0. The molecule has 0 N–H and O–H groups in total. The van der Waals surface area contributed by atoms with Crippen LogP contribution in [0.25, 0.3) is 10.2 Å². The summed E-state index contributed by atoms with van der Waals surface area (Å²) in [4.78, 5) is 5.67. The third-order valence-electron chi connectivity index (χ3n) is 1.97. The fraction of sp³-hybridized carbons (Fsp3) is 0.200. The Labute approximate surface area is 108 Å². The van der Waals surface area contributed by atoms with E-state index in [-0.39, 0.29) is 17.0 Å². The molecule has 0 spiro atoms. The van der Waals surface area contributed by atoms with E-state index >= 15 is 0 Å². The van der Waals surface area contributed by atoms with Gasteiger partial charge in [-0.1, -0.05) is 24.4 Å². The molecule has 0 saturated heterocycles. The van der Waals surface area contributed by atoms with E-state index in [2.05, 4.69) is 33.8 Å². The summed E-state index contributed by atoms with van der Waals surface area (Å²) in [6.07, 6.45) is 5.82. The lowest BCUT2D eigenvalue weighted by Gasteiger charge is -1.97. The van der Waals surface area contributed by atoms with Gasteiger partial charge >= 0.3 is 0 Å². The van der Waals surface area contributed by atoms with Gasteiger partial charge in [-0.25, -0.2) is 4.57 Å². The molecule has 0 radical (unpaired) electrons. The summed E-state index contributed by atoms with van der Waals surface area (Å²) < 4.78 is 2.12. The first kappa shape index (κ1) is 12.7. The fourth-order valence-corrected chi connectivity index (χ4v) is 2.85. The monoisotopic (exact) mass is 302 g/mol. The van der Waals surface area contributed by atoms with Gasteiger partial charge in [0.1, 0.15) is 6.54 Å². The molecular formula is C10H11BrN2S2. The molecule has 2 aromatic heterocycles. The van der Waals surface area contributed by atoms with Crippen molar-refractivity contribution < 1.29 is 21.5 Å². The fourth-order valence-electron chi connectivity index (χ4n) is 1.36. The first-order chi connectivity index (χ1) is 6.86. The minimum atomic E-state index is 0. The van der Waals surface area contributed by atoms with Crippen molar-refractivity contribution in [3.8, 4) is 0 Å². The van der Waals surface area contributed by atoms with Crippen LogP contribution in [0.15, 0.2) is 35.5 Å². The first-order valence-corrected chi connectivity index (χ1v) is 6.37. The zero-order valence-electron chi connectivity index (χ0n) is 8.31. The van der Waals surface area contributed by atoms with Crippen molar-refractivity contribution in [2.45, 2.75) is 11.6 Å². The van der Waals surface area contributed by atoms with Crippen molar-refractivity contribution >= 4 is 33.3 Å². The molecule has 0 aliphatic heterocycles. The number of aromatic nitrogens is 2. The molecule has 0 amide bonds. The topological polar surface area (TPSA) is 16.8 Å². The van der Waals surface area contributed by atoms with Crippen LogP contribution in [0.4, 0.5) is 0 Å². The molecule has 0 bridgehead atoms. The number of thiophene rings is 1. The lowest BCUT2D eigenvalue weighted by atomic mass is 10.4. The molecule has 2 aromatic rings. The zero-order valence-corrected chi connectivity index (χ0v) is 11.5. The van der Waals surface area contributed by atoms with Gasteiger partial charge in [0, 0.05) is 0 Å². The van der Waals surface area contributed by atoms with Gasteiger partial charge < -0.3 is 17.0 Å². The highest BCUT2D eigenvalue weighted by molar-refractivity contribution is 7.98. The van der Waals surface area contributed by atoms with E-state index < -0.39 is 0 Å². The molecule has 5 heteroatoms. The van der Waals surface area contributed by atoms with E-state index in [0.717, 1.165) is 11.6 Å². The van der Waals surface area contributed by atoms with Crippen molar-refractivity contribution in [3.63, 3.8) is 0 Å². The second-order valence-corrected chi connectivity index (χ2v) is 4.52. The van der Waals surface area contributed by atoms with Crippen LogP contribution in [0, 0.1) is 0 Å². The van der Waals surface area contributed by atoms with Gasteiger partial charge in [0.2, 0.25) is 5.03 Å². The summed E-state index contributed by atoms with van der Waals surface area (Å²) in [5.41, 5.74) is 0. The summed E-state index contributed by atoms with van der Waals surface area (Å²) in [6, 6.07) is 2.12. The molecule has 0 unspecified atom stereocenters. The Balaban J connectivity index is 0.00000112. The number of allylic oxidation sites excluding steroid dienone is 1.